The minimum Gasteiger partial charge on any atom is -0.469 e. The second-order valence-electron chi connectivity index (χ2n) is 4.20. The van der Waals surface area contributed by atoms with Gasteiger partial charge in [-0.05, 0) is 38.4 Å². The summed E-state index contributed by atoms with van der Waals surface area (Å²) in [7, 11) is 0. The molecule has 0 atom stereocenters. The minimum absolute atomic E-state index is 0.0803. The van der Waals surface area contributed by atoms with Gasteiger partial charge < -0.3 is 14.5 Å². The van der Waals surface area contributed by atoms with Crippen LogP contribution in [0.2, 0.25) is 0 Å². The molecule has 0 spiro atoms. The van der Waals surface area contributed by atoms with Gasteiger partial charge in [0.05, 0.1) is 12.9 Å². The van der Waals surface area contributed by atoms with Crippen molar-refractivity contribution in [3.8, 4) is 0 Å². The molecule has 0 aliphatic carbocycles. The van der Waals surface area contributed by atoms with Crippen molar-refractivity contribution in [2.45, 2.75) is 39.0 Å². The Morgan fingerprint density at radius 2 is 2.22 bits per heavy atom. The number of nitrogens with one attached hydrogen (secondary N) is 1. The topological polar surface area (TPSA) is 51.5 Å². The van der Waals surface area contributed by atoms with Gasteiger partial charge in [0.1, 0.15) is 5.76 Å². The Bertz CT molecular complexity index is 309. The average molecular weight is 253 g/mol. The molecule has 1 N–H and O–H groups in total. The fourth-order valence-corrected chi connectivity index (χ4v) is 1.72. The summed E-state index contributed by atoms with van der Waals surface area (Å²) in [6.07, 6.45) is 6.24. The number of esters is 1. The monoisotopic (exact) mass is 253 g/mol. The van der Waals surface area contributed by atoms with E-state index < -0.39 is 0 Å². The molecule has 0 radical (unpaired) electrons. The Kier molecular flexibility index (Phi) is 7.97. The first-order valence-corrected chi connectivity index (χ1v) is 6.71. The third-order valence-corrected chi connectivity index (χ3v) is 2.67. The van der Waals surface area contributed by atoms with Crippen LogP contribution in [0.5, 0.6) is 0 Å². The molecule has 0 saturated heterocycles. The average Bonchev–Trinajstić information content (AvgIpc) is 2.86. The summed E-state index contributed by atoms with van der Waals surface area (Å²) in [4.78, 5) is 11.1. The molecule has 0 bridgehead atoms. The molecule has 0 aliphatic heterocycles. The van der Waals surface area contributed by atoms with Gasteiger partial charge in [-0.1, -0.05) is 6.42 Å². The van der Waals surface area contributed by atoms with Crippen LogP contribution in [-0.4, -0.2) is 25.7 Å². The number of hydrogen-bond donors (Lipinski definition) is 1. The summed E-state index contributed by atoms with van der Waals surface area (Å²) < 4.78 is 10.1. The minimum atomic E-state index is -0.0803. The van der Waals surface area contributed by atoms with Gasteiger partial charge in [-0.2, -0.15) is 0 Å². The van der Waals surface area contributed by atoms with E-state index in [1.54, 1.807) is 6.26 Å². The highest BCUT2D eigenvalue weighted by molar-refractivity contribution is 5.69. The number of rotatable bonds is 10. The maximum absolute atomic E-state index is 11.1. The van der Waals surface area contributed by atoms with Crippen molar-refractivity contribution < 1.29 is 13.9 Å². The Balaban J connectivity index is 1.83. The molecule has 18 heavy (non-hydrogen) atoms. The Hall–Kier alpha value is -1.29. The first-order valence-electron chi connectivity index (χ1n) is 6.71. The smallest absolute Gasteiger partial charge is 0.305 e. The molecule has 0 aromatic carbocycles. The maximum atomic E-state index is 11.1. The molecule has 0 unspecified atom stereocenters. The summed E-state index contributed by atoms with van der Waals surface area (Å²) in [5.74, 6) is 0.938. The molecule has 1 aromatic rings. The molecule has 1 rings (SSSR count). The van der Waals surface area contributed by atoms with Gasteiger partial charge >= 0.3 is 5.97 Å². The number of carbonyl (C=O) groups excluding carboxylic acids is 1. The van der Waals surface area contributed by atoms with E-state index in [-0.39, 0.29) is 5.97 Å². The maximum Gasteiger partial charge on any atom is 0.305 e. The largest absolute Gasteiger partial charge is 0.469 e. The zero-order chi connectivity index (χ0) is 13.1. The van der Waals surface area contributed by atoms with Crippen molar-refractivity contribution in [3.05, 3.63) is 24.2 Å². The lowest BCUT2D eigenvalue weighted by Crippen LogP contribution is -2.18. The normalized spacial score (nSPS) is 10.5. The molecule has 0 saturated carbocycles. The number of furan rings is 1. The van der Waals surface area contributed by atoms with E-state index in [9.17, 15) is 4.79 Å². The van der Waals surface area contributed by atoms with Crippen LogP contribution in [-0.2, 0) is 16.0 Å². The zero-order valence-corrected chi connectivity index (χ0v) is 11.1. The summed E-state index contributed by atoms with van der Waals surface area (Å²) in [6, 6.07) is 3.89. The highest BCUT2D eigenvalue weighted by Gasteiger charge is 2.00. The summed E-state index contributed by atoms with van der Waals surface area (Å²) in [6.45, 7) is 4.24. The Labute approximate surface area is 109 Å². The lowest BCUT2D eigenvalue weighted by molar-refractivity contribution is -0.143. The van der Waals surface area contributed by atoms with E-state index in [1.165, 1.54) is 0 Å². The van der Waals surface area contributed by atoms with Crippen molar-refractivity contribution in [3.63, 3.8) is 0 Å². The lowest BCUT2D eigenvalue weighted by Gasteiger charge is -2.04. The van der Waals surface area contributed by atoms with E-state index in [2.05, 4.69) is 5.32 Å². The van der Waals surface area contributed by atoms with Crippen LogP contribution in [0.25, 0.3) is 0 Å². The van der Waals surface area contributed by atoms with E-state index in [0.29, 0.717) is 13.0 Å². The first-order chi connectivity index (χ1) is 8.83. The van der Waals surface area contributed by atoms with E-state index in [0.717, 1.165) is 44.5 Å². The fourth-order valence-electron chi connectivity index (χ4n) is 1.72. The van der Waals surface area contributed by atoms with Gasteiger partial charge in [0, 0.05) is 19.4 Å². The molecule has 4 heteroatoms. The van der Waals surface area contributed by atoms with Crippen molar-refractivity contribution in [2.24, 2.45) is 0 Å². The van der Waals surface area contributed by atoms with Crippen molar-refractivity contribution >= 4 is 5.97 Å². The lowest BCUT2D eigenvalue weighted by atomic mass is 10.2. The summed E-state index contributed by atoms with van der Waals surface area (Å²) in [5.41, 5.74) is 0. The van der Waals surface area contributed by atoms with Crippen LogP contribution in [0.3, 0.4) is 0 Å². The standard InChI is InChI=1S/C14H23NO3/c1-2-17-14(16)8-4-3-5-10-15-11-9-13-7-6-12-18-13/h6-7,12,15H,2-5,8-11H2,1H3. The van der Waals surface area contributed by atoms with Crippen molar-refractivity contribution in [2.75, 3.05) is 19.7 Å². The van der Waals surface area contributed by atoms with Gasteiger partial charge in [-0.15, -0.1) is 0 Å². The van der Waals surface area contributed by atoms with E-state index in [1.807, 2.05) is 19.1 Å². The number of hydrogen-bond acceptors (Lipinski definition) is 4. The number of ether oxygens (including phenoxy) is 1. The molecule has 102 valence electrons. The second kappa shape index (κ2) is 9.71. The predicted octanol–water partition coefficient (Wildman–Crippen LogP) is 2.54. The van der Waals surface area contributed by atoms with Crippen molar-refractivity contribution in [1.29, 1.82) is 0 Å². The van der Waals surface area contributed by atoms with Crippen LogP contribution in [0.1, 0.15) is 38.4 Å². The van der Waals surface area contributed by atoms with E-state index >= 15 is 0 Å². The quantitative estimate of drug-likeness (QED) is 0.514. The third-order valence-electron chi connectivity index (χ3n) is 2.67. The molecular weight excluding hydrogens is 230 g/mol. The van der Waals surface area contributed by atoms with Gasteiger partial charge in [0.15, 0.2) is 0 Å². The van der Waals surface area contributed by atoms with Crippen LogP contribution in [0.15, 0.2) is 22.8 Å². The van der Waals surface area contributed by atoms with Crippen molar-refractivity contribution in [1.82, 2.24) is 5.32 Å². The van der Waals surface area contributed by atoms with Crippen LogP contribution in [0.4, 0.5) is 0 Å². The molecular formula is C14H23NO3. The summed E-state index contributed by atoms with van der Waals surface area (Å²) in [5, 5.41) is 3.36. The zero-order valence-electron chi connectivity index (χ0n) is 11.1. The molecule has 0 amide bonds. The highest BCUT2D eigenvalue weighted by Crippen LogP contribution is 2.01. The molecule has 1 heterocycles. The molecule has 4 nitrogen and oxygen atoms in total. The second-order valence-corrected chi connectivity index (χ2v) is 4.20. The van der Waals surface area contributed by atoms with E-state index in [4.69, 9.17) is 9.15 Å². The van der Waals surface area contributed by atoms with Crippen LogP contribution in [0, 0.1) is 0 Å². The number of unbranched alkanes of at least 4 members (excludes halogenated alkanes) is 2. The predicted molar refractivity (Wildman–Crippen MR) is 70.4 cm³/mol. The fraction of sp³-hybridized carbons (Fsp3) is 0.643. The first kappa shape index (κ1) is 14.8. The van der Waals surface area contributed by atoms with Gasteiger partial charge in [-0.25, -0.2) is 0 Å². The molecule has 0 aliphatic rings. The molecule has 1 aromatic heterocycles. The SMILES string of the molecule is CCOC(=O)CCCCCNCCc1ccco1. The third kappa shape index (κ3) is 7.12. The Morgan fingerprint density at radius 3 is 2.94 bits per heavy atom. The van der Waals surface area contributed by atoms with Crippen LogP contribution >= 0.6 is 0 Å². The van der Waals surface area contributed by atoms with Gasteiger partial charge in [0.25, 0.3) is 0 Å². The highest BCUT2D eigenvalue weighted by atomic mass is 16.5. The van der Waals surface area contributed by atoms with Gasteiger partial charge in [-0.3, -0.25) is 4.79 Å². The van der Waals surface area contributed by atoms with Crippen LogP contribution < -0.4 is 5.32 Å². The summed E-state index contributed by atoms with van der Waals surface area (Å²) >= 11 is 0. The Morgan fingerprint density at radius 1 is 1.33 bits per heavy atom. The van der Waals surface area contributed by atoms with Gasteiger partial charge in [0.2, 0.25) is 0 Å². The molecule has 0 fully saturated rings. The number of carbonyl (C=O) groups is 1.